The fraction of sp³-hybridized carbons (Fsp3) is 0.0526. The van der Waals surface area contributed by atoms with E-state index in [2.05, 4.69) is 20.2 Å². The molecule has 4 aromatic rings. The van der Waals surface area contributed by atoms with Gasteiger partial charge in [-0.25, -0.2) is 9.79 Å². The molecule has 0 saturated carbocycles. The van der Waals surface area contributed by atoms with Gasteiger partial charge in [0, 0.05) is 22.0 Å². The summed E-state index contributed by atoms with van der Waals surface area (Å²) in [5.41, 5.74) is 2.51. The Kier molecular flexibility index (Phi) is 4.21. The largest absolute Gasteiger partial charge is 0.475 e. The average molecular weight is 381 g/mol. The molecule has 0 fully saturated rings. The Bertz CT molecular complexity index is 1230. The second-order valence-corrected chi connectivity index (χ2v) is 6.34. The molecule has 0 radical (unpaired) electrons. The van der Waals surface area contributed by atoms with Crippen molar-refractivity contribution >= 4 is 34.5 Å². The number of carbonyl (C=O) groups is 1. The van der Waals surface area contributed by atoms with Crippen LogP contribution in [0.1, 0.15) is 16.2 Å². The summed E-state index contributed by atoms with van der Waals surface area (Å²) < 4.78 is 6.02. The zero-order valence-corrected chi connectivity index (χ0v) is 14.9. The van der Waals surface area contributed by atoms with E-state index in [0.29, 0.717) is 21.7 Å². The summed E-state index contributed by atoms with van der Waals surface area (Å²) >= 11 is 5.96. The van der Waals surface area contributed by atoms with Gasteiger partial charge in [0.25, 0.3) is 5.95 Å². The maximum absolute atomic E-state index is 11.0. The van der Waals surface area contributed by atoms with Gasteiger partial charge in [-0.15, -0.1) is 5.10 Å². The Balaban J connectivity index is 1.95. The predicted molar refractivity (Wildman–Crippen MR) is 100.0 cm³/mol. The Hall–Kier alpha value is -3.45. The number of aromatic carboxylic acids is 1. The van der Waals surface area contributed by atoms with E-state index in [1.807, 2.05) is 37.3 Å². The van der Waals surface area contributed by atoms with E-state index in [-0.39, 0.29) is 11.8 Å². The van der Waals surface area contributed by atoms with Crippen molar-refractivity contribution in [2.75, 3.05) is 0 Å². The van der Waals surface area contributed by atoms with Crippen molar-refractivity contribution in [3.05, 3.63) is 70.3 Å². The molecule has 0 amide bonds. The summed E-state index contributed by atoms with van der Waals surface area (Å²) in [6.45, 7) is 1.96. The summed E-state index contributed by atoms with van der Waals surface area (Å²) in [5.74, 6) is -0.846. The van der Waals surface area contributed by atoms with Crippen LogP contribution >= 0.6 is 11.6 Å². The van der Waals surface area contributed by atoms with Crippen molar-refractivity contribution in [2.45, 2.75) is 6.92 Å². The summed E-state index contributed by atoms with van der Waals surface area (Å²) in [5, 5.41) is 17.1. The lowest BCUT2D eigenvalue weighted by Gasteiger charge is -2.05. The predicted octanol–water partition coefficient (Wildman–Crippen LogP) is 4.11. The first kappa shape index (κ1) is 17.0. The zero-order valence-electron chi connectivity index (χ0n) is 14.1. The van der Waals surface area contributed by atoms with Crippen LogP contribution in [0.5, 0.6) is 0 Å². The number of benzene rings is 2. The lowest BCUT2D eigenvalue weighted by atomic mass is 10.1. The molecule has 2 N–H and O–H groups in total. The van der Waals surface area contributed by atoms with Crippen LogP contribution in [0.25, 0.3) is 22.3 Å². The lowest BCUT2D eigenvalue weighted by Crippen LogP contribution is -2.04. The number of hydrogen-bond acceptors (Lipinski definition) is 5. The number of nitrogens with zero attached hydrogens (tertiary/aromatic N) is 3. The van der Waals surface area contributed by atoms with Crippen molar-refractivity contribution in [3.8, 4) is 11.3 Å². The highest BCUT2D eigenvalue weighted by atomic mass is 35.5. The van der Waals surface area contributed by atoms with Gasteiger partial charge in [-0.1, -0.05) is 23.2 Å². The van der Waals surface area contributed by atoms with Gasteiger partial charge in [0.2, 0.25) is 5.82 Å². The van der Waals surface area contributed by atoms with Gasteiger partial charge in [0.15, 0.2) is 0 Å². The van der Waals surface area contributed by atoms with Crippen LogP contribution in [0.15, 0.2) is 57.9 Å². The minimum atomic E-state index is -1.20. The van der Waals surface area contributed by atoms with Crippen molar-refractivity contribution in [1.29, 1.82) is 0 Å². The van der Waals surface area contributed by atoms with E-state index in [1.165, 1.54) is 0 Å². The fourth-order valence-electron chi connectivity index (χ4n) is 2.64. The molecule has 2 aromatic carbocycles. The second-order valence-electron chi connectivity index (χ2n) is 5.90. The number of aryl methyl sites for hydroxylation is 1. The molecule has 7 nitrogen and oxygen atoms in total. The number of aromatic amines is 1. The summed E-state index contributed by atoms with van der Waals surface area (Å²) in [4.78, 5) is 19.3. The highest BCUT2D eigenvalue weighted by Crippen LogP contribution is 2.24. The SMILES string of the molecule is Cc1ccc2oc(-c3ccc(Cl)cc3)cc(=Nc3n[nH]c(C(=O)O)n3)c2c1. The molecule has 4 rings (SSSR count). The third kappa shape index (κ3) is 3.45. The summed E-state index contributed by atoms with van der Waals surface area (Å²) in [6, 6.07) is 14.8. The first-order chi connectivity index (χ1) is 13.0. The number of carboxylic acids is 1. The van der Waals surface area contributed by atoms with Crippen LogP contribution < -0.4 is 5.36 Å². The summed E-state index contributed by atoms with van der Waals surface area (Å²) in [6.07, 6.45) is 0. The quantitative estimate of drug-likeness (QED) is 0.556. The van der Waals surface area contributed by atoms with Gasteiger partial charge in [-0.2, -0.15) is 4.98 Å². The molecule has 0 atom stereocenters. The van der Waals surface area contributed by atoms with E-state index < -0.39 is 5.97 Å². The molecule has 0 aliphatic rings. The number of rotatable bonds is 3. The Labute approximate surface area is 158 Å². The summed E-state index contributed by atoms with van der Waals surface area (Å²) in [7, 11) is 0. The van der Waals surface area contributed by atoms with Gasteiger partial charge in [0.1, 0.15) is 11.3 Å². The standard InChI is InChI=1S/C19H13ClN4O3/c1-10-2-7-15-13(8-10)14(21-19-22-17(18(25)26)23-24-19)9-16(27-15)11-3-5-12(20)6-4-11/h2-9H,1H3,(H,25,26)(H,22,23,24). The minimum Gasteiger partial charge on any atom is -0.475 e. The molecule has 0 unspecified atom stereocenters. The van der Waals surface area contributed by atoms with Gasteiger partial charge < -0.3 is 9.52 Å². The Morgan fingerprint density at radius 3 is 2.67 bits per heavy atom. The number of halogens is 1. The number of H-pyrrole nitrogens is 1. The molecule has 2 heterocycles. The van der Waals surface area contributed by atoms with Gasteiger partial charge in [-0.05, 0) is 43.3 Å². The molecule has 0 bridgehead atoms. The van der Waals surface area contributed by atoms with E-state index >= 15 is 0 Å². The van der Waals surface area contributed by atoms with E-state index in [1.54, 1.807) is 18.2 Å². The van der Waals surface area contributed by atoms with Crippen molar-refractivity contribution in [1.82, 2.24) is 15.2 Å². The maximum Gasteiger partial charge on any atom is 0.373 e. The molecular formula is C19H13ClN4O3. The highest BCUT2D eigenvalue weighted by Gasteiger charge is 2.11. The lowest BCUT2D eigenvalue weighted by molar-refractivity contribution is 0.0684. The third-order valence-electron chi connectivity index (χ3n) is 3.92. The second kappa shape index (κ2) is 6.69. The van der Waals surface area contributed by atoms with Crippen LogP contribution in [0, 0.1) is 6.92 Å². The normalized spacial score (nSPS) is 11.9. The smallest absolute Gasteiger partial charge is 0.373 e. The molecule has 27 heavy (non-hydrogen) atoms. The van der Waals surface area contributed by atoms with Crippen LogP contribution in [0.3, 0.4) is 0 Å². The molecule has 0 aliphatic carbocycles. The molecule has 0 saturated heterocycles. The molecule has 0 aliphatic heterocycles. The number of fused-ring (bicyclic) bond motifs is 1. The fourth-order valence-corrected chi connectivity index (χ4v) is 2.76. The first-order valence-corrected chi connectivity index (χ1v) is 8.38. The number of carboxylic acid groups (broad SMARTS) is 1. The van der Waals surface area contributed by atoms with Crippen LogP contribution in [-0.2, 0) is 0 Å². The molecule has 8 heteroatoms. The van der Waals surface area contributed by atoms with Gasteiger partial charge in [-0.3, -0.25) is 5.10 Å². The van der Waals surface area contributed by atoms with E-state index in [9.17, 15) is 4.79 Å². The van der Waals surface area contributed by atoms with E-state index in [0.717, 1.165) is 16.5 Å². The minimum absolute atomic E-state index is 0.0310. The van der Waals surface area contributed by atoms with Crippen LogP contribution in [0.2, 0.25) is 5.02 Å². The Morgan fingerprint density at radius 2 is 1.96 bits per heavy atom. The maximum atomic E-state index is 11.0. The van der Waals surface area contributed by atoms with Crippen molar-refractivity contribution in [3.63, 3.8) is 0 Å². The van der Waals surface area contributed by atoms with E-state index in [4.69, 9.17) is 21.1 Å². The van der Waals surface area contributed by atoms with Gasteiger partial charge >= 0.3 is 5.97 Å². The number of nitrogens with one attached hydrogen (secondary N) is 1. The third-order valence-corrected chi connectivity index (χ3v) is 4.18. The highest BCUT2D eigenvalue weighted by molar-refractivity contribution is 6.30. The molecular weight excluding hydrogens is 368 g/mol. The average Bonchev–Trinajstić information content (AvgIpc) is 3.11. The number of aromatic nitrogens is 3. The van der Waals surface area contributed by atoms with Crippen molar-refractivity contribution < 1.29 is 14.3 Å². The topological polar surface area (TPSA) is 104 Å². The monoisotopic (exact) mass is 380 g/mol. The Morgan fingerprint density at radius 1 is 1.19 bits per heavy atom. The van der Waals surface area contributed by atoms with Crippen LogP contribution in [0.4, 0.5) is 5.95 Å². The molecule has 0 spiro atoms. The first-order valence-electron chi connectivity index (χ1n) is 8.00. The van der Waals surface area contributed by atoms with Crippen LogP contribution in [-0.4, -0.2) is 26.3 Å². The van der Waals surface area contributed by atoms with Crippen molar-refractivity contribution in [2.24, 2.45) is 4.99 Å². The number of hydrogen-bond donors (Lipinski definition) is 2. The molecule has 134 valence electrons. The zero-order chi connectivity index (χ0) is 19.0. The van der Waals surface area contributed by atoms with Gasteiger partial charge in [0.05, 0.1) is 5.36 Å². The molecule has 2 aromatic heterocycles.